The van der Waals surface area contributed by atoms with Crippen LogP contribution in [0.15, 0.2) is 29.2 Å². The van der Waals surface area contributed by atoms with E-state index in [1.54, 1.807) is 16.4 Å². The Morgan fingerprint density at radius 1 is 1.10 bits per heavy atom. The molecule has 1 aliphatic heterocycles. The average Bonchev–Trinajstić information content (AvgIpc) is 3.07. The number of benzene rings is 1. The van der Waals surface area contributed by atoms with E-state index in [1.807, 2.05) is 19.1 Å². The minimum Gasteiger partial charge on any atom is -0.393 e. The highest BCUT2D eigenvalue weighted by Crippen LogP contribution is 2.38. The fourth-order valence-corrected chi connectivity index (χ4v) is 5.49. The van der Waals surface area contributed by atoms with Gasteiger partial charge in [-0.2, -0.15) is 4.31 Å². The van der Waals surface area contributed by atoms with Gasteiger partial charge in [0.15, 0.2) is 0 Å². The Kier molecular flexibility index (Phi) is 4.08. The number of hydrogen-bond donors (Lipinski definition) is 1. The predicted octanol–water partition coefficient (Wildman–Crippen LogP) is 2.31. The zero-order valence-corrected chi connectivity index (χ0v) is 13.2. The van der Waals surface area contributed by atoms with Gasteiger partial charge in [-0.15, -0.1) is 0 Å². The number of rotatable bonds is 3. The predicted molar refractivity (Wildman–Crippen MR) is 81.4 cm³/mol. The van der Waals surface area contributed by atoms with Crippen molar-refractivity contribution in [3.8, 4) is 0 Å². The first kappa shape index (κ1) is 15.0. The normalized spacial score (nSPS) is 30.9. The quantitative estimate of drug-likeness (QED) is 0.932. The van der Waals surface area contributed by atoms with Crippen molar-refractivity contribution in [2.24, 2.45) is 5.92 Å². The van der Waals surface area contributed by atoms with Crippen molar-refractivity contribution < 1.29 is 13.5 Å². The summed E-state index contributed by atoms with van der Waals surface area (Å²) in [6.07, 6.45) is 4.15. The molecule has 2 fully saturated rings. The molecule has 3 rings (SSSR count). The third-order valence-corrected chi connectivity index (χ3v) is 6.84. The van der Waals surface area contributed by atoms with Crippen LogP contribution in [0.25, 0.3) is 0 Å². The molecule has 1 heterocycles. The van der Waals surface area contributed by atoms with Gasteiger partial charge in [0, 0.05) is 18.5 Å². The summed E-state index contributed by atoms with van der Waals surface area (Å²) in [6.45, 7) is 2.52. The highest BCUT2D eigenvalue weighted by molar-refractivity contribution is 7.89. The largest absolute Gasteiger partial charge is 0.393 e. The highest BCUT2D eigenvalue weighted by atomic mass is 32.2. The smallest absolute Gasteiger partial charge is 0.243 e. The fourth-order valence-electron chi connectivity index (χ4n) is 3.76. The van der Waals surface area contributed by atoms with Gasteiger partial charge in [-0.25, -0.2) is 8.42 Å². The van der Waals surface area contributed by atoms with Gasteiger partial charge in [-0.1, -0.05) is 24.1 Å². The number of aliphatic hydroxyl groups excluding tert-OH is 1. The molecule has 0 amide bonds. The van der Waals surface area contributed by atoms with Crippen LogP contribution in [-0.4, -0.2) is 36.5 Å². The summed E-state index contributed by atoms with van der Waals surface area (Å²) < 4.78 is 27.4. The second-order valence-electron chi connectivity index (χ2n) is 6.30. The number of sulfonamides is 1. The summed E-state index contributed by atoms with van der Waals surface area (Å²) in [4.78, 5) is 0.368. The van der Waals surface area contributed by atoms with Crippen LogP contribution in [0, 0.1) is 12.8 Å². The lowest BCUT2D eigenvalue weighted by molar-refractivity contribution is 0.0975. The molecule has 3 atom stereocenters. The van der Waals surface area contributed by atoms with Gasteiger partial charge in [0.25, 0.3) is 0 Å². The molecule has 21 heavy (non-hydrogen) atoms. The van der Waals surface area contributed by atoms with E-state index in [1.165, 1.54) is 0 Å². The monoisotopic (exact) mass is 309 g/mol. The molecule has 1 aliphatic carbocycles. The van der Waals surface area contributed by atoms with Crippen LogP contribution in [0.4, 0.5) is 0 Å². The van der Waals surface area contributed by atoms with Gasteiger partial charge >= 0.3 is 0 Å². The van der Waals surface area contributed by atoms with Gasteiger partial charge in [-0.3, -0.25) is 0 Å². The molecule has 0 radical (unpaired) electrons. The maximum absolute atomic E-state index is 12.9. The number of hydrogen-bond acceptors (Lipinski definition) is 3. The van der Waals surface area contributed by atoms with Crippen LogP contribution >= 0.6 is 0 Å². The minimum atomic E-state index is -3.44. The third-order valence-electron chi connectivity index (χ3n) is 4.90. The Hall–Kier alpha value is -0.910. The topological polar surface area (TPSA) is 57.6 Å². The highest BCUT2D eigenvalue weighted by Gasteiger charge is 2.43. The van der Waals surface area contributed by atoms with Gasteiger partial charge in [0.2, 0.25) is 10.0 Å². The second-order valence-corrected chi connectivity index (χ2v) is 8.19. The van der Waals surface area contributed by atoms with E-state index < -0.39 is 10.0 Å². The van der Waals surface area contributed by atoms with E-state index >= 15 is 0 Å². The van der Waals surface area contributed by atoms with Crippen molar-refractivity contribution in [2.45, 2.75) is 56.1 Å². The standard InChI is InChI=1S/C16H23NO3S/c1-12-7-9-13(10-8-12)21(19,20)17-11-3-5-15(17)14-4-2-6-16(14)18/h7-10,14-16,18H,2-6,11H2,1H3. The van der Waals surface area contributed by atoms with Crippen molar-refractivity contribution in [3.05, 3.63) is 29.8 Å². The van der Waals surface area contributed by atoms with E-state index in [4.69, 9.17) is 0 Å². The molecule has 2 aliphatic rings. The Balaban J connectivity index is 1.88. The lowest BCUT2D eigenvalue weighted by atomic mass is 9.95. The summed E-state index contributed by atoms with van der Waals surface area (Å²) in [5.74, 6) is 0.104. The van der Waals surface area contributed by atoms with Crippen LogP contribution in [0.1, 0.15) is 37.7 Å². The lowest BCUT2D eigenvalue weighted by Gasteiger charge is -2.30. The molecule has 0 bridgehead atoms. The van der Waals surface area contributed by atoms with Gasteiger partial charge < -0.3 is 5.11 Å². The Morgan fingerprint density at radius 3 is 2.43 bits per heavy atom. The van der Waals surface area contributed by atoms with Crippen LogP contribution in [-0.2, 0) is 10.0 Å². The van der Waals surface area contributed by atoms with Crippen molar-refractivity contribution in [2.75, 3.05) is 6.54 Å². The van der Waals surface area contributed by atoms with Gasteiger partial charge in [0.05, 0.1) is 11.0 Å². The van der Waals surface area contributed by atoms with E-state index in [0.29, 0.717) is 11.4 Å². The molecule has 1 N–H and O–H groups in total. The average molecular weight is 309 g/mol. The van der Waals surface area contributed by atoms with Crippen LogP contribution < -0.4 is 0 Å². The number of nitrogens with zero attached hydrogens (tertiary/aromatic N) is 1. The molecule has 0 aromatic heterocycles. The van der Waals surface area contributed by atoms with E-state index in [2.05, 4.69) is 0 Å². The van der Waals surface area contributed by atoms with Crippen LogP contribution in [0.3, 0.4) is 0 Å². The number of aliphatic hydroxyl groups is 1. The van der Waals surface area contributed by atoms with Crippen molar-refractivity contribution in [1.82, 2.24) is 4.31 Å². The molecule has 1 saturated heterocycles. The first-order chi connectivity index (χ1) is 10.00. The van der Waals surface area contributed by atoms with Gasteiger partial charge in [0.1, 0.15) is 0 Å². The molecule has 4 nitrogen and oxygen atoms in total. The maximum Gasteiger partial charge on any atom is 0.243 e. The Morgan fingerprint density at radius 2 is 1.81 bits per heavy atom. The second kappa shape index (κ2) is 5.71. The summed E-state index contributed by atoms with van der Waals surface area (Å²) in [6, 6.07) is 7.01. The fraction of sp³-hybridized carbons (Fsp3) is 0.625. The van der Waals surface area contributed by atoms with Gasteiger partial charge in [-0.05, 0) is 44.7 Å². The summed E-state index contributed by atoms with van der Waals surface area (Å²) in [5, 5.41) is 10.1. The van der Waals surface area contributed by atoms with E-state index in [-0.39, 0.29) is 18.1 Å². The van der Waals surface area contributed by atoms with Crippen LogP contribution in [0.2, 0.25) is 0 Å². The Labute approximate surface area is 126 Å². The Bertz CT molecular complexity index is 596. The third kappa shape index (κ3) is 2.74. The van der Waals surface area contributed by atoms with Crippen LogP contribution in [0.5, 0.6) is 0 Å². The number of aryl methyl sites for hydroxylation is 1. The zero-order chi connectivity index (χ0) is 15.0. The molecular weight excluding hydrogens is 286 g/mol. The summed E-state index contributed by atoms with van der Waals surface area (Å²) in [5.41, 5.74) is 1.05. The van der Waals surface area contributed by atoms with E-state index in [0.717, 1.165) is 37.7 Å². The maximum atomic E-state index is 12.9. The molecule has 1 aromatic carbocycles. The van der Waals surface area contributed by atoms with Crippen molar-refractivity contribution in [3.63, 3.8) is 0 Å². The molecule has 1 saturated carbocycles. The lowest BCUT2D eigenvalue weighted by Crippen LogP contribution is -2.42. The molecule has 5 heteroatoms. The van der Waals surface area contributed by atoms with Crippen molar-refractivity contribution in [1.29, 1.82) is 0 Å². The first-order valence-electron chi connectivity index (χ1n) is 7.77. The first-order valence-corrected chi connectivity index (χ1v) is 9.21. The van der Waals surface area contributed by atoms with E-state index in [9.17, 15) is 13.5 Å². The molecule has 1 aromatic rings. The zero-order valence-electron chi connectivity index (χ0n) is 12.4. The molecule has 0 spiro atoms. The molecular formula is C16H23NO3S. The molecule has 116 valence electrons. The SMILES string of the molecule is Cc1ccc(S(=O)(=O)N2CCCC2C2CCCC2O)cc1. The minimum absolute atomic E-state index is 0.0335. The van der Waals surface area contributed by atoms with Crippen molar-refractivity contribution >= 4 is 10.0 Å². The summed E-state index contributed by atoms with van der Waals surface area (Å²) in [7, 11) is -3.44. The molecule has 3 unspecified atom stereocenters. The summed E-state index contributed by atoms with van der Waals surface area (Å²) >= 11 is 0.